The minimum Gasteiger partial charge on any atom is -0.326 e. The second-order valence-electron chi connectivity index (χ2n) is 1.32. The van der Waals surface area contributed by atoms with Crippen LogP contribution in [0.25, 0.3) is 0 Å². The van der Waals surface area contributed by atoms with Crippen molar-refractivity contribution >= 4 is 24.8 Å². The lowest BCUT2D eigenvalue weighted by Crippen LogP contribution is -2.17. The molecule has 52 valence electrons. The van der Waals surface area contributed by atoms with Crippen molar-refractivity contribution < 1.29 is 0 Å². The zero-order valence-corrected chi connectivity index (χ0v) is 6.26. The molecule has 0 fully saturated rings. The summed E-state index contributed by atoms with van der Waals surface area (Å²) in [6.07, 6.45) is 0. The quantitative estimate of drug-likeness (QED) is 0.586. The SMILES string of the molecule is CC(N)CN=N.Cl.Cl. The van der Waals surface area contributed by atoms with E-state index in [-0.39, 0.29) is 30.9 Å². The Kier molecular flexibility index (Phi) is 20.0. The molecule has 0 aliphatic carbocycles. The van der Waals surface area contributed by atoms with Crippen molar-refractivity contribution in [3.05, 3.63) is 0 Å². The average molecular weight is 160 g/mol. The number of halogens is 2. The van der Waals surface area contributed by atoms with Crippen LogP contribution in [-0.2, 0) is 0 Å². The Morgan fingerprint density at radius 2 is 2.00 bits per heavy atom. The molecule has 0 heterocycles. The Balaban J connectivity index is -0.000000125. The Bertz CT molecular complexity index is 47.8. The Morgan fingerprint density at radius 3 is 2.00 bits per heavy atom. The molecule has 0 aromatic rings. The largest absolute Gasteiger partial charge is 0.326 e. The van der Waals surface area contributed by atoms with Gasteiger partial charge in [0.15, 0.2) is 0 Å². The van der Waals surface area contributed by atoms with Gasteiger partial charge in [-0.15, -0.1) is 24.8 Å². The molecule has 0 bridgehead atoms. The third kappa shape index (κ3) is 16.5. The average Bonchev–Trinajstić information content (AvgIpc) is 1.35. The van der Waals surface area contributed by atoms with E-state index in [2.05, 4.69) is 5.11 Å². The highest BCUT2D eigenvalue weighted by atomic mass is 35.5. The molecular formula is C3H11Cl2N3. The van der Waals surface area contributed by atoms with Gasteiger partial charge in [0.25, 0.3) is 0 Å². The molecule has 0 spiro atoms. The monoisotopic (exact) mass is 159 g/mol. The molecule has 3 nitrogen and oxygen atoms in total. The van der Waals surface area contributed by atoms with Gasteiger partial charge in [-0.3, -0.25) is 0 Å². The van der Waals surface area contributed by atoms with Gasteiger partial charge in [-0.05, 0) is 6.92 Å². The molecule has 1 unspecified atom stereocenters. The number of hydrogen-bond acceptors (Lipinski definition) is 3. The van der Waals surface area contributed by atoms with E-state index >= 15 is 0 Å². The molecule has 8 heavy (non-hydrogen) atoms. The van der Waals surface area contributed by atoms with Crippen LogP contribution in [0.1, 0.15) is 6.92 Å². The van der Waals surface area contributed by atoms with Gasteiger partial charge >= 0.3 is 0 Å². The number of nitrogens with one attached hydrogen (secondary N) is 1. The molecular weight excluding hydrogens is 149 g/mol. The number of rotatable bonds is 2. The summed E-state index contributed by atoms with van der Waals surface area (Å²) in [4.78, 5) is 0. The van der Waals surface area contributed by atoms with Gasteiger partial charge in [0.1, 0.15) is 0 Å². The maximum Gasteiger partial charge on any atom is 0.0744 e. The first kappa shape index (κ1) is 15.7. The first-order chi connectivity index (χ1) is 2.77. The maximum atomic E-state index is 6.28. The van der Waals surface area contributed by atoms with Crippen molar-refractivity contribution in [1.29, 1.82) is 5.53 Å². The highest BCUT2D eigenvalue weighted by Gasteiger charge is 1.84. The van der Waals surface area contributed by atoms with Gasteiger partial charge in [0.05, 0.1) is 6.54 Å². The maximum absolute atomic E-state index is 6.28. The molecule has 0 amide bonds. The first-order valence-corrected chi connectivity index (χ1v) is 1.86. The Morgan fingerprint density at radius 1 is 1.62 bits per heavy atom. The summed E-state index contributed by atoms with van der Waals surface area (Å²) in [5.74, 6) is 0. The van der Waals surface area contributed by atoms with Gasteiger partial charge in [-0.25, -0.2) is 5.53 Å². The molecule has 0 rings (SSSR count). The van der Waals surface area contributed by atoms with Crippen LogP contribution in [0.15, 0.2) is 5.11 Å². The number of nitrogens with zero attached hydrogens (tertiary/aromatic N) is 1. The standard InChI is InChI=1S/C3H9N3.2ClH/c1-3(4)2-6-5;;/h3,5H,2,4H2,1H3;2*1H. The number of nitrogens with two attached hydrogens (primary N) is 1. The summed E-state index contributed by atoms with van der Waals surface area (Å²) in [6.45, 7) is 2.26. The minimum absolute atomic E-state index is 0. The van der Waals surface area contributed by atoms with Gasteiger partial charge in [0.2, 0.25) is 0 Å². The zero-order chi connectivity index (χ0) is 4.99. The molecule has 0 saturated heterocycles. The van der Waals surface area contributed by atoms with Crippen molar-refractivity contribution in [3.8, 4) is 0 Å². The second kappa shape index (κ2) is 10.2. The summed E-state index contributed by atoms with van der Waals surface area (Å²) in [5, 5.41) is 3.06. The Labute approximate surface area is 61.4 Å². The van der Waals surface area contributed by atoms with Crippen molar-refractivity contribution in [3.63, 3.8) is 0 Å². The summed E-state index contributed by atoms with van der Waals surface area (Å²) in [5.41, 5.74) is 11.5. The predicted molar refractivity (Wildman–Crippen MR) is 38.2 cm³/mol. The van der Waals surface area contributed by atoms with Crippen molar-refractivity contribution in [1.82, 2.24) is 0 Å². The first-order valence-electron chi connectivity index (χ1n) is 1.86. The van der Waals surface area contributed by atoms with E-state index in [1.807, 2.05) is 6.92 Å². The topological polar surface area (TPSA) is 62.2 Å². The fourth-order valence-corrected chi connectivity index (χ4v) is 0.144. The fourth-order valence-electron chi connectivity index (χ4n) is 0.144. The van der Waals surface area contributed by atoms with E-state index in [0.29, 0.717) is 6.54 Å². The normalized spacial score (nSPS) is 10.2. The van der Waals surface area contributed by atoms with Crippen molar-refractivity contribution in [2.24, 2.45) is 10.8 Å². The van der Waals surface area contributed by atoms with E-state index in [1.54, 1.807) is 0 Å². The molecule has 0 aliphatic rings. The van der Waals surface area contributed by atoms with Crippen LogP contribution in [-0.4, -0.2) is 12.6 Å². The fraction of sp³-hybridized carbons (Fsp3) is 1.00. The zero-order valence-electron chi connectivity index (χ0n) is 4.63. The molecule has 0 saturated carbocycles. The molecule has 0 aromatic carbocycles. The highest BCUT2D eigenvalue weighted by Crippen LogP contribution is 1.71. The lowest BCUT2D eigenvalue weighted by atomic mass is 10.4. The van der Waals surface area contributed by atoms with Crippen molar-refractivity contribution in [2.45, 2.75) is 13.0 Å². The predicted octanol–water partition coefficient (Wildman–Crippen LogP) is 1.21. The molecule has 0 aromatic heterocycles. The summed E-state index contributed by atoms with van der Waals surface area (Å²) in [7, 11) is 0. The van der Waals surface area contributed by atoms with Gasteiger partial charge < -0.3 is 5.73 Å². The Hall–Kier alpha value is 0.140. The van der Waals surface area contributed by atoms with E-state index in [4.69, 9.17) is 11.3 Å². The summed E-state index contributed by atoms with van der Waals surface area (Å²) < 4.78 is 0. The number of hydrogen-bond donors (Lipinski definition) is 2. The smallest absolute Gasteiger partial charge is 0.0744 e. The van der Waals surface area contributed by atoms with Crippen LogP contribution in [0, 0.1) is 5.53 Å². The highest BCUT2D eigenvalue weighted by molar-refractivity contribution is 5.85. The van der Waals surface area contributed by atoms with Crippen LogP contribution < -0.4 is 5.73 Å². The lowest BCUT2D eigenvalue weighted by Gasteiger charge is -1.92. The van der Waals surface area contributed by atoms with Crippen LogP contribution in [0.2, 0.25) is 0 Å². The van der Waals surface area contributed by atoms with E-state index in [0.717, 1.165) is 0 Å². The van der Waals surface area contributed by atoms with Crippen LogP contribution in [0.4, 0.5) is 0 Å². The summed E-state index contributed by atoms with van der Waals surface area (Å²) >= 11 is 0. The molecule has 0 aliphatic heterocycles. The summed E-state index contributed by atoms with van der Waals surface area (Å²) in [6, 6.07) is 0.0440. The van der Waals surface area contributed by atoms with Gasteiger partial charge in [-0.1, -0.05) is 0 Å². The van der Waals surface area contributed by atoms with Gasteiger partial charge in [0, 0.05) is 6.04 Å². The third-order valence-corrected chi connectivity index (χ3v) is 0.379. The minimum atomic E-state index is 0. The van der Waals surface area contributed by atoms with E-state index < -0.39 is 0 Å². The van der Waals surface area contributed by atoms with Crippen LogP contribution in [0.5, 0.6) is 0 Å². The van der Waals surface area contributed by atoms with Gasteiger partial charge in [-0.2, -0.15) is 5.11 Å². The van der Waals surface area contributed by atoms with E-state index in [9.17, 15) is 0 Å². The van der Waals surface area contributed by atoms with E-state index in [1.165, 1.54) is 0 Å². The molecule has 0 radical (unpaired) electrons. The van der Waals surface area contributed by atoms with Crippen molar-refractivity contribution in [2.75, 3.05) is 6.54 Å². The van der Waals surface area contributed by atoms with Crippen LogP contribution >= 0.6 is 24.8 Å². The molecule has 1 atom stereocenters. The molecule has 5 heteroatoms. The lowest BCUT2D eigenvalue weighted by molar-refractivity contribution is 0.715. The second-order valence-corrected chi connectivity index (χ2v) is 1.32. The van der Waals surface area contributed by atoms with Crippen LogP contribution in [0.3, 0.4) is 0 Å². The molecule has 3 N–H and O–H groups in total. The third-order valence-electron chi connectivity index (χ3n) is 0.379.